The van der Waals surface area contributed by atoms with E-state index in [1.165, 1.54) is 11.8 Å². The Morgan fingerprint density at radius 1 is 1.04 bits per heavy atom. The van der Waals surface area contributed by atoms with Gasteiger partial charge in [0.25, 0.3) is 0 Å². The number of aromatic amines is 1. The number of H-pyrrole nitrogens is 1. The first-order chi connectivity index (χ1) is 12.3. The standard InChI is InChI=1S/C20H21N3OS/c1-2-13-21-17(24)14-25-20-22-18(15-9-5-3-6-10-15)19(23-20)16-11-7-4-8-12-16/h3-12H,2,13-14H2,1H3,(H,21,24)(H,22,23). The highest BCUT2D eigenvalue weighted by Gasteiger charge is 2.15. The molecule has 0 saturated heterocycles. The molecule has 0 spiro atoms. The van der Waals surface area contributed by atoms with Gasteiger partial charge in [-0.15, -0.1) is 0 Å². The van der Waals surface area contributed by atoms with E-state index in [4.69, 9.17) is 4.98 Å². The van der Waals surface area contributed by atoms with E-state index in [1.807, 2.05) is 55.5 Å². The zero-order valence-corrected chi connectivity index (χ0v) is 15.0. The minimum atomic E-state index is 0.0331. The summed E-state index contributed by atoms with van der Waals surface area (Å²) in [6.45, 7) is 2.75. The predicted molar refractivity (Wildman–Crippen MR) is 103 cm³/mol. The number of carbonyl (C=O) groups excluding carboxylic acids is 1. The van der Waals surface area contributed by atoms with Gasteiger partial charge in [0.1, 0.15) is 0 Å². The van der Waals surface area contributed by atoms with Crippen LogP contribution in [-0.2, 0) is 4.79 Å². The van der Waals surface area contributed by atoms with Gasteiger partial charge in [-0.2, -0.15) is 0 Å². The summed E-state index contributed by atoms with van der Waals surface area (Å²) in [5, 5.41) is 3.64. The summed E-state index contributed by atoms with van der Waals surface area (Å²) in [6, 6.07) is 20.2. The highest BCUT2D eigenvalue weighted by Crippen LogP contribution is 2.32. The molecule has 1 aromatic heterocycles. The first-order valence-electron chi connectivity index (χ1n) is 8.38. The van der Waals surface area contributed by atoms with E-state index in [2.05, 4.69) is 22.4 Å². The van der Waals surface area contributed by atoms with Crippen LogP contribution in [0.2, 0.25) is 0 Å². The van der Waals surface area contributed by atoms with Gasteiger partial charge < -0.3 is 10.3 Å². The average Bonchev–Trinajstić information content (AvgIpc) is 3.10. The van der Waals surface area contributed by atoms with Crippen molar-refractivity contribution in [1.82, 2.24) is 15.3 Å². The number of benzene rings is 2. The Balaban J connectivity index is 1.86. The van der Waals surface area contributed by atoms with Crippen molar-refractivity contribution in [3.05, 3.63) is 60.7 Å². The molecule has 5 heteroatoms. The molecule has 1 amide bonds. The largest absolute Gasteiger partial charge is 0.355 e. The number of amides is 1. The van der Waals surface area contributed by atoms with Crippen molar-refractivity contribution in [3.63, 3.8) is 0 Å². The Morgan fingerprint density at radius 3 is 2.32 bits per heavy atom. The van der Waals surface area contributed by atoms with E-state index in [9.17, 15) is 4.79 Å². The maximum Gasteiger partial charge on any atom is 0.230 e. The Bertz CT molecular complexity index is 758. The molecule has 0 aliphatic carbocycles. The zero-order chi connectivity index (χ0) is 17.5. The van der Waals surface area contributed by atoms with Gasteiger partial charge in [-0.25, -0.2) is 4.98 Å². The van der Waals surface area contributed by atoms with Crippen molar-refractivity contribution in [2.45, 2.75) is 18.5 Å². The first-order valence-corrected chi connectivity index (χ1v) is 9.37. The van der Waals surface area contributed by atoms with Crippen LogP contribution >= 0.6 is 11.8 Å². The lowest BCUT2D eigenvalue weighted by Gasteiger charge is -2.02. The molecular formula is C20H21N3OS. The molecule has 1 heterocycles. The Labute approximate surface area is 152 Å². The van der Waals surface area contributed by atoms with Crippen LogP contribution < -0.4 is 5.32 Å². The molecule has 0 aliphatic heterocycles. The van der Waals surface area contributed by atoms with Gasteiger partial charge in [0.15, 0.2) is 5.16 Å². The summed E-state index contributed by atoms with van der Waals surface area (Å²) >= 11 is 1.42. The van der Waals surface area contributed by atoms with Crippen LogP contribution in [0.15, 0.2) is 65.8 Å². The zero-order valence-electron chi connectivity index (χ0n) is 14.2. The number of rotatable bonds is 7. The van der Waals surface area contributed by atoms with Crippen molar-refractivity contribution in [2.75, 3.05) is 12.3 Å². The number of thioether (sulfide) groups is 1. The van der Waals surface area contributed by atoms with E-state index >= 15 is 0 Å². The van der Waals surface area contributed by atoms with Gasteiger partial charge >= 0.3 is 0 Å². The fraction of sp³-hybridized carbons (Fsp3) is 0.200. The topological polar surface area (TPSA) is 57.8 Å². The van der Waals surface area contributed by atoms with Crippen LogP contribution in [0.25, 0.3) is 22.5 Å². The number of imidazole rings is 1. The van der Waals surface area contributed by atoms with Gasteiger partial charge in [-0.05, 0) is 6.42 Å². The minimum absolute atomic E-state index is 0.0331. The highest BCUT2D eigenvalue weighted by molar-refractivity contribution is 7.99. The van der Waals surface area contributed by atoms with Gasteiger partial charge in [-0.3, -0.25) is 4.79 Å². The van der Waals surface area contributed by atoms with E-state index in [1.54, 1.807) is 0 Å². The van der Waals surface area contributed by atoms with Crippen LogP contribution in [0.3, 0.4) is 0 Å². The molecule has 2 N–H and O–H groups in total. The maximum atomic E-state index is 11.8. The molecule has 0 radical (unpaired) electrons. The van der Waals surface area contributed by atoms with Crippen molar-refractivity contribution >= 4 is 17.7 Å². The van der Waals surface area contributed by atoms with Crippen LogP contribution in [0.4, 0.5) is 0 Å². The monoisotopic (exact) mass is 351 g/mol. The normalized spacial score (nSPS) is 10.6. The lowest BCUT2D eigenvalue weighted by molar-refractivity contribution is -0.118. The minimum Gasteiger partial charge on any atom is -0.355 e. The first kappa shape index (κ1) is 17.3. The fourth-order valence-corrected chi connectivity index (χ4v) is 3.19. The molecule has 0 aliphatic rings. The third kappa shape index (κ3) is 4.51. The lowest BCUT2D eigenvalue weighted by atomic mass is 10.1. The van der Waals surface area contributed by atoms with Crippen LogP contribution in [-0.4, -0.2) is 28.2 Å². The summed E-state index contributed by atoms with van der Waals surface area (Å²) in [7, 11) is 0. The van der Waals surface area contributed by atoms with E-state index < -0.39 is 0 Å². The Morgan fingerprint density at radius 2 is 1.68 bits per heavy atom. The van der Waals surface area contributed by atoms with E-state index in [0.29, 0.717) is 12.3 Å². The second-order valence-corrected chi connectivity index (χ2v) is 6.60. The predicted octanol–water partition coefficient (Wildman–Crippen LogP) is 4.36. The SMILES string of the molecule is CCCNC(=O)CSc1nc(-c2ccccc2)c(-c2ccccc2)[nH]1. The Kier molecular flexibility index (Phi) is 5.90. The third-order valence-corrected chi connectivity index (χ3v) is 4.58. The number of hydrogen-bond donors (Lipinski definition) is 2. The second-order valence-electron chi connectivity index (χ2n) is 5.64. The highest BCUT2D eigenvalue weighted by atomic mass is 32.2. The fourth-order valence-electron chi connectivity index (χ4n) is 2.49. The maximum absolute atomic E-state index is 11.8. The number of carbonyl (C=O) groups is 1. The summed E-state index contributed by atoms with van der Waals surface area (Å²) in [5.74, 6) is 0.390. The van der Waals surface area contributed by atoms with Crippen LogP contribution in [0.5, 0.6) is 0 Å². The molecule has 0 atom stereocenters. The van der Waals surface area contributed by atoms with Gasteiger partial charge in [-0.1, -0.05) is 79.3 Å². The van der Waals surface area contributed by atoms with E-state index in [-0.39, 0.29) is 5.91 Å². The molecule has 3 rings (SSSR count). The molecule has 3 aromatic rings. The smallest absolute Gasteiger partial charge is 0.230 e. The molecule has 0 unspecified atom stereocenters. The molecule has 0 fully saturated rings. The summed E-state index contributed by atoms with van der Waals surface area (Å²) < 4.78 is 0. The van der Waals surface area contributed by atoms with Crippen molar-refractivity contribution in [2.24, 2.45) is 0 Å². The number of hydrogen-bond acceptors (Lipinski definition) is 3. The second kappa shape index (κ2) is 8.53. The van der Waals surface area contributed by atoms with Crippen molar-refractivity contribution in [1.29, 1.82) is 0 Å². The number of nitrogens with one attached hydrogen (secondary N) is 2. The van der Waals surface area contributed by atoms with Gasteiger partial charge in [0, 0.05) is 17.7 Å². The molecule has 4 nitrogen and oxygen atoms in total. The van der Waals surface area contributed by atoms with Crippen LogP contribution in [0, 0.1) is 0 Å². The average molecular weight is 351 g/mol. The Hall–Kier alpha value is -2.53. The quantitative estimate of drug-likeness (QED) is 0.622. The molecule has 2 aromatic carbocycles. The van der Waals surface area contributed by atoms with Gasteiger partial charge in [0.05, 0.1) is 17.1 Å². The van der Waals surface area contributed by atoms with Crippen molar-refractivity contribution in [3.8, 4) is 22.5 Å². The van der Waals surface area contributed by atoms with Crippen LogP contribution in [0.1, 0.15) is 13.3 Å². The summed E-state index contributed by atoms with van der Waals surface area (Å²) in [4.78, 5) is 19.9. The van der Waals surface area contributed by atoms with E-state index in [0.717, 1.165) is 34.1 Å². The number of nitrogens with zero attached hydrogens (tertiary/aromatic N) is 1. The molecule has 0 bridgehead atoms. The molecule has 128 valence electrons. The molecule has 25 heavy (non-hydrogen) atoms. The van der Waals surface area contributed by atoms with Crippen molar-refractivity contribution < 1.29 is 4.79 Å². The number of aromatic nitrogens is 2. The summed E-state index contributed by atoms with van der Waals surface area (Å²) in [5.41, 5.74) is 4.02. The van der Waals surface area contributed by atoms with Gasteiger partial charge in [0.2, 0.25) is 5.91 Å². The molecular weight excluding hydrogens is 330 g/mol. The third-order valence-electron chi connectivity index (χ3n) is 3.70. The molecule has 0 saturated carbocycles. The lowest BCUT2D eigenvalue weighted by Crippen LogP contribution is -2.25. The summed E-state index contributed by atoms with van der Waals surface area (Å²) in [6.07, 6.45) is 0.938.